The van der Waals surface area contributed by atoms with Crippen molar-refractivity contribution < 1.29 is 19.0 Å². The summed E-state index contributed by atoms with van der Waals surface area (Å²) < 4.78 is 16.2. The molecule has 0 spiro atoms. The molecule has 4 rings (SSSR count). The van der Waals surface area contributed by atoms with Gasteiger partial charge in [0.25, 0.3) is 0 Å². The van der Waals surface area contributed by atoms with Gasteiger partial charge in [0, 0.05) is 37.6 Å². The molecule has 0 radical (unpaired) electrons. The zero-order valence-electron chi connectivity index (χ0n) is 16.4. The Bertz CT molecular complexity index is 853. The van der Waals surface area contributed by atoms with E-state index in [1.54, 1.807) is 20.5 Å². The second kappa shape index (κ2) is 8.18. The number of amides is 1. The maximum absolute atomic E-state index is 13.0. The Morgan fingerprint density at radius 3 is 2.61 bits per heavy atom. The molecule has 8 heteroatoms. The van der Waals surface area contributed by atoms with Crippen LogP contribution in [0.3, 0.4) is 0 Å². The van der Waals surface area contributed by atoms with Crippen molar-refractivity contribution in [3.63, 3.8) is 0 Å². The summed E-state index contributed by atoms with van der Waals surface area (Å²) >= 11 is 0. The fourth-order valence-electron chi connectivity index (χ4n) is 4.03. The van der Waals surface area contributed by atoms with E-state index in [0.29, 0.717) is 44.3 Å². The minimum atomic E-state index is -0.0167. The highest BCUT2D eigenvalue weighted by atomic mass is 16.5. The van der Waals surface area contributed by atoms with Crippen LogP contribution in [0.25, 0.3) is 10.9 Å². The lowest BCUT2D eigenvalue weighted by molar-refractivity contribution is -0.139. The minimum absolute atomic E-state index is 0.0167. The van der Waals surface area contributed by atoms with Gasteiger partial charge in [0.15, 0.2) is 11.5 Å². The molecule has 0 bridgehead atoms. The topological polar surface area (TPSA) is 77.0 Å². The first-order valence-corrected chi connectivity index (χ1v) is 9.69. The average molecular weight is 386 g/mol. The number of fused-ring (bicyclic) bond motifs is 1. The Labute approximate surface area is 164 Å². The number of benzene rings is 1. The molecule has 2 saturated heterocycles. The molecule has 1 aromatic heterocycles. The predicted molar refractivity (Wildman–Crippen MR) is 105 cm³/mol. The van der Waals surface area contributed by atoms with Crippen LogP contribution in [-0.4, -0.2) is 74.4 Å². The molecule has 2 aromatic rings. The van der Waals surface area contributed by atoms with Crippen molar-refractivity contribution in [3.8, 4) is 11.5 Å². The van der Waals surface area contributed by atoms with E-state index < -0.39 is 0 Å². The van der Waals surface area contributed by atoms with Gasteiger partial charge in [0.1, 0.15) is 12.1 Å². The van der Waals surface area contributed by atoms with Gasteiger partial charge in [-0.25, -0.2) is 9.97 Å². The van der Waals surface area contributed by atoms with Crippen LogP contribution in [0.2, 0.25) is 0 Å². The molecule has 2 aliphatic rings. The van der Waals surface area contributed by atoms with Gasteiger partial charge in [-0.15, -0.1) is 0 Å². The van der Waals surface area contributed by atoms with Crippen molar-refractivity contribution in [1.82, 2.24) is 14.9 Å². The van der Waals surface area contributed by atoms with Crippen LogP contribution in [0.1, 0.15) is 12.8 Å². The highest BCUT2D eigenvalue weighted by Crippen LogP contribution is 2.35. The Morgan fingerprint density at radius 1 is 1.11 bits per heavy atom. The van der Waals surface area contributed by atoms with Gasteiger partial charge in [0.05, 0.1) is 38.9 Å². The molecule has 0 aliphatic carbocycles. The number of rotatable bonds is 4. The van der Waals surface area contributed by atoms with Gasteiger partial charge in [-0.3, -0.25) is 4.79 Å². The fourth-order valence-corrected chi connectivity index (χ4v) is 4.03. The third kappa shape index (κ3) is 3.56. The van der Waals surface area contributed by atoms with Crippen LogP contribution >= 0.6 is 0 Å². The summed E-state index contributed by atoms with van der Waals surface area (Å²) in [4.78, 5) is 26.0. The number of carbonyl (C=O) groups excluding carboxylic acids is 1. The maximum atomic E-state index is 13.0. The third-order valence-corrected chi connectivity index (χ3v) is 5.51. The van der Waals surface area contributed by atoms with Crippen molar-refractivity contribution in [2.24, 2.45) is 5.92 Å². The summed E-state index contributed by atoms with van der Waals surface area (Å²) in [6.07, 6.45) is 3.43. The van der Waals surface area contributed by atoms with Gasteiger partial charge in [-0.2, -0.15) is 0 Å². The molecule has 28 heavy (non-hydrogen) atoms. The molecular weight excluding hydrogens is 360 g/mol. The highest BCUT2D eigenvalue weighted by Gasteiger charge is 2.31. The number of hydrogen-bond donors (Lipinski definition) is 0. The van der Waals surface area contributed by atoms with Gasteiger partial charge in [-0.1, -0.05) is 0 Å². The first-order chi connectivity index (χ1) is 13.7. The van der Waals surface area contributed by atoms with Crippen molar-refractivity contribution >= 4 is 22.6 Å². The number of morpholine rings is 1. The average Bonchev–Trinajstić information content (AvgIpc) is 2.77. The largest absolute Gasteiger partial charge is 0.493 e. The quantitative estimate of drug-likeness (QED) is 0.792. The lowest BCUT2D eigenvalue weighted by Gasteiger charge is -2.37. The number of piperidine rings is 1. The lowest BCUT2D eigenvalue weighted by Crippen LogP contribution is -2.48. The molecule has 2 aliphatic heterocycles. The zero-order valence-corrected chi connectivity index (χ0v) is 16.4. The summed E-state index contributed by atoms with van der Waals surface area (Å²) in [5.74, 6) is 2.33. The number of nitrogens with zero attached hydrogens (tertiary/aromatic N) is 4. The standard InChI is InChI=1S/C20H26N4O4/c1-26-17-10-15-16(11-18(17)27-2)21-13-22-19(15)24-5-3-4-14(12-24)20(25)23-6-8-28-9-7-23/h10-11,13-14H,3-9,12H2,1-2H3. The lowest BCUT2D eigenvalue weighted by atomic mass is 9.96. The van der Waals surface area contributed by atoms with Crippen molar-refractivity contribution in [3.05, 3.63) is 18.5 Å². The molecule has 0 N–H and O–H groups in total. The number of methoxy groups -OCH3 is 2. The molecule has 2 fully saturated rings. The molecule has 1 unspecified atom stereocenters. The Balaban J connectivity index is 1.61. The van der Waals surface area contributed by atoms with Crippen LogP contribution < -0.4 is 14.4 Å². The molecule has 1 aromatic carbocycles. The van der Waals surface area contributed by atoms with Crippen molar-refractivity contribution in [1.29, 1.82) is 0 Å². The first-order valence-electron chi connectivity index (χ1n) is 9.69. The third-order valence-electron chi connectivity index (χ3n) is 5.51. The summed E-state index contributed by atoms with van der Waals surface area (Å²) in [6.45, 7) is 4.15. The first kappa shape index (κ1) is 18.7. The molecular formula is C20H26N4O4. The smallest absolute Gasteiger partial charge is 0.227 e. The highest BCUT2D eigenvalue weighted by molar-refractivity contribution is 5.92. The maximum Gasteiger partial charge on any atom is 0.227 e. The van der Waals surface area contributed by atoms with E-state index in [9.17, 15) is 4.79 Å². The van der Waals surface area contributed by atoms with Crippen LogP contribution in [0, 0.1) is 5.92 Å². The van der Waals surface area contributed by atoms with E-state index in [1.165, 1.54) is 0 Å². The molecule has 0 saturated carbocycles. The SMILES string of the molecule is COc1cc2ncnc(N3CCCC(C(=O)N4CCOCC4)C3)c2cc1OC. The monoisotopic (exact) mass is 386 g/mol. The second-order valence-electron chi connectivity index (χ2n) is 7.14. The van der Waals surface area contributed by atoms with Gasteiger partial charge in [0.2, 0.25) is 5.91 Å². The normalized spacial score (nSPS) is 20.3. The number of anilines is 1. The number of carbonyl (C=O) groups is 1. The van der Waals surface area contributed by atoms with E-state index in [0.717, 1.165) is 36.1 Å². The second-order valence-corrected chi connectivity index (χ2v) is 7.14. The van der Waals surface area contributed by atoms with E-state index in [-0.39, 0.29) is 11.8 Å². The zero-order chi connectivity index (χ0) is 19.5. The van der Waals surface area contributed by atoms with E-state index in [2.05, 4.69) is 14.9 Å². The molecule has 8 nitrogen and oxygen atoms in total. The molecule has 1 amide bonds. The molecule has 150 valence electrons. The molecule has 1 atom stereocenters. The van der Waals surface area contributed by atoms with Gasteiger partial charge in [-0.05, 0) is 18.9 Å². The summed E-state index contributed by atoms with van der Waals surface area (Å²) in [5, 5.41) is 0.902. The van der Waals surface area contributed by atoms with Gasteiger partial charge >= 0.3 is 0 Å². The van der Waals surface area contributed by atoms with Crippen LogP contribution in [0.15, 0.2) is 18.5 Å². The van der Waals surface area contributed by atoms with E-state index in [4.69, 9.17) is 14.2 Å². The Morgan fingerprint density at radius 2 is 1.86 bits per heavy atom. The van der Waals surface area contributed by atoms with Crippen LogP contribution in [-0.2, 0) is 9.53 Å². The summed E-state index contributed by atoms with van der Waals surface area (Å²) in [5.41, 5.74) is 0.796. The minimum Gasteiger partial charge on any atom is -0.493 e. The summed E-state index contributed by atoms with van der Waals surface area (Å²) in [7, 11) is 3.23. The number of aromatic nitrogens is 2. The van der Waals surface area contributed by atoms with Crippen LogP contribution in [0.4, 0.5) is 5.82 Å². The molecule has 3 heterocycles. The van der Waals surface area contributed by atoms with E-state index >= 15 is 0 Å². The van der Waals surface area contributed by atoms with E-state index in [1.807, 2.05) is 17.0 Å². The Kier molecular flexibility index (Phi) is 5.47. The van der Waals surface area contributed by atoms with Crippen molar-refractivity contribution in [2.45, 2.75) is 12.8 Å². The van der Waals surface area contributed by atoms with Crippen molar-refractivity contribution in [2.75, 3.05) is 58.5 Å². The fraction of sp³-hybridized carbons (Fsp3) is 0.550. The number of hydrogen-bond acceptors (Lipinski definition) is 7. The number of ether oxygens (including phenoxy) is 3. The van der Waals surface area contributed by atoms with Gasteiger partial charge < -0.3 is 24.0 Å². The predicted octanol–water partition coefficient (Wildman–Crippen LogP) is 1.72. The Hall–Kier alpha value is -2.61. The summed E-state index contributed by atoms with van der Waals surface area (Å²) in [6, 6.07) is 3.77. The van der Waals surface area contributed by atoms with Crippen LogP contribution in [0.5, 0.6) is 11.5 Å².